The van der Waals surface area contributed by atoms with Crippen molar-refractivity contribution >= 4 is 33.0 Å². The maximum Gasteiger partial charge on any atom is 0.142 e. The van der Waals surface area contributed by atoms with Gasteiger partial charge in [0.2, 0.25) is 0 Å². The van der Waals surface area contributed by atoms with E-state index in [1.807, 2.05) is 19.2 Å². The highest BCUT2D eigenvalue weighted by atomic mass is 79.9. The molecular formula is C15H19BrN2O2S. The number of benzene rings is 1. The highest BCUT2D eigenvalue weighted by molar-refractivity contribution is 9.11. The number of para-hydroxylation sites is 2. The summed E-state index contributed by atoms with van der Waals surface area (Å²) in [5, 5.41) is 12.1. The number of hydrogen-bond donors (Lipinski definition) is 2. The van der Waals surface area contributed by atoms with Crippen molar-refractivity contribution in [2.75, 3.05) is 25.9 Å². The van der Waals surface area contributed by atoms with Gasteiger partial charge in [-0.05, 0) is 52.1 Å². The number of nitrogens with zero attached hydrogens (tertiary/aromatic N) is 1. The molecule has 0 aliphatic rings. The van der Waals surface area contributed by atoms with E-state index in [4.69, 9.17) is 10.5 Å². The first-order valence-electron chi connectivity index (χ1n) is 6.61. The highest BCUT2D eigenvalue weighted by Crippen LogP contribution is 2.22. The number of nitrogens with two attached hydrogens (primary N) is 1. The Labute approximate surface area is 137 Å². The van der Waals surface area contributed by atoms with Crippen molar-refractivity contribution in [1.82, 2.24) is 4.90 Å². The zero-order valence-electron chi connectivity index (χ0n) is 11.8. The molecule has 0 bridgehead atoms. The van der Waals surface area contributed by atoms with Crippen molar-refractivity contribution in [2.45, 2.75) is 12.6 Å². The molecule has 0 saturated heterocycles. The second-order valence-corrected chi connectivity index (χ2v) is 7.25. The molecule has 1 aromatic heterocycles. The lowest BCUT2D eigenvalue weighted by molar-refractivity contribution is 0.0747. The van der Waals surface area contributed by atoms with Crippen LogP contribution in [0.15, 0.2) is 39.5 Å². The summed E-state index contributed by atoms with van der Waals surface area (Å²) < 4.78 is 6.67. The maximum absolute atomic E-state index is 10.0. The van der Waals surface area contributed by atoms with Crippen LogP contribution in [0, 0.1) is 0 Å². The Morgan fingerprint density at radius 3 is 2.86 bits per heavy atom. The number of aliphatic hydroxyl groups excluding tert-OH is 1. The fourth-order valence-electron chi connectivity index (χ4n) is 2.02. The molecule has 0 fully saturated rings. The molecule has 6 heteroatoms. The topological polar surface area (TPSA) is 58.7 Å². The van der Waals surface area contributed by atoms with E-state index in [0.29, 0.717) is 18.0 Å². The molecule has 21 heavy (non-hydrogen) atoms. The quantitative estimate of drug-likeness (QED) is 0.735. The van der Waals surface area contributed by atoms with Gasteiger partial charge in [-0.15, -0.1) is 11.3 Å². The Bertz CT molecular complexity index is 576. The third kappa shape index (κ3) is 5.32. The molecule has 0 saturated carbocycles. The molecular weight excluding hydrogens is 352 g/mol. The Morgan fingerprint density at radius 1 is 1.43 bits per heavy atom. The van der Waals surface area contributed by atoms with Crippen LogP contribution in [0.1, 0.15) is 5.56 Å². The molecule has 3 N–H and O–H groups in total. The van der Waals surface area contributed by atoms with Crippen molar-refractivity contribution < 1.29 is 9.84 Å². The minimum atomic E-state index is -0.559. The Hall–Kier alpha value is -1.08. The number of hydrogen-bond acceptors (Lipinski definition) is 5. The van der Waals surface area contributed by atoms with E-state index in [2.05, 4.69) is 32.3 Å². The molecule has 4 nitrogen and oxygen atoms in total. The molecule has 0 amide bonds. The summed E-state index contributed by atoms with van der Waals surface area (Å²) in [6.07, 6.45) is -0.559. The lowest BCUT2D eigenvalue weighted by Gasteiger charge is -2.20. The summed E-state index contributed by atoms with van der Waals surface area (Å²) in [5.74, 6) is 0.612. The smallest absolute Gasteiger partial charge is 0.142 e. The minimum Gasteiger partial charge on any atom is -0.489 e. The van der Waals surface area contributed by atoms with Gasteiger partial charge < -0.3 is 15.6 Å². The predicted molar refractivity (Wildman–Crippen MR) is 90.7 cm³/mol. The molecule has 1 atom stereocenters. The van der Waals surface area contributed by atoms with E-state index in [-0.39, 0.29) is 6.61 Å². The normalized spacial score (nSPS) is 12.6. The van der Waals surface area contributed by atoms with E-state index in [0.717, 1.165) is 10.3 Å². The van der Waals surface area contributed by atoms with Crippen molar-refractivity contribution in [3.8, 4) is 5.75 Å². The van der Waals surface area contributed by atoms with Crippen molar-refractivity contribution in [2.24, 2.45) is 0 Å². The van der Waals surface area contributed by atoms with Gasteiger partial charge in [-0.25, -0.2) is 0 Å². The van der Waals surface area contributed by atoms with Gasteiger partial charge in [-0.1, -0.05) is 12.1 Å². The summed E-state index contributed by atoms with van der Waals surface area (Å²) in [7, 11) is 1.98. The molecule has 2 aromatic rings. The number of halogens is 1. The van der Waals surface area contributed by atoms with Crippen LogP contribution < -0.4 is 10.5 Å². The number of rotatable bonds is 7. The van der Waals surface area contributed by atoms with Crippen LogP contribution in [-0.2, 0) is 6.54 Å². The van der Waals surface area contributed by atoms with Gasteiger partial charge in [-0.2, -0.15) is 0 Å². The van der Waals surface area contributed by atoms with E-state index < -0.39 is 6.10 Å². The second-order valence-electron chi connectivity index (χ2n) is 4.96. The van der Waals surface area contributed by atoms with Gasteiger partial charge in [-0.3, -0.25) is 4.90 Å². The van der Waals surface area contributed by atoms with Gasteiger partial charge >= 0.3 is 0 Å². The Kier molecular flexibility index (Phi) is 6.05. The minimum absolute atomic E-state index is 0.228. The fraction of sp³-hybridized carbons (Fsp3) is 0.333. The third-order valence-electron chi connectivity index (χ3n) is 2.95. The van der Waals surface area contributed by atoms with E-state index in [1.165, 1.54) is 5.56 Å². The van der Waals surface area contributed by atoms with Crippen LogP contribution in [0.5, 0.6) is 5.75 Å². The SMILES string of the molecule is CN(Cc1csc(Br)c1)CC(O)COc1ccccc1N. The van der Waals surface area contributed by atoms with E-state index in [9.17, 15) is 5.11 Å². The highest BCUT2D eigenvalue weighted by Gasteiger charge is 2.11. The summed E-state index contributed by atoms with van der Waals surface area (Å²) in [6, 6.07) is 9.38. The maximum atomic E-state index is 10.0. The summed E-state index contributed by atoms with van der Waals surface area (Å²) in [4.78, 5) is 2.07. The van der Waals surface area contributed by atoms with Crippen LogP contribution in [0.25, 0.3) is 0 Å². The van der Waals surface area contributed by atoms with Gasteiger partial charge in [0, 0.05) is 13.1 Å². The standard InChI is InChI=1S/C15H19BrN2O2S/c1-18(7-11-6-15(16)21-10-11)8-12(19)9-20-14-5-3-2-4-13(14)17/h2-6,10,12,19H,7-9,17H2,1H3. The molecule has 0 radical (unpaired) electrons. The van der Waals surface area contributed by atoms with Gasteiger partial charge in [0.05, 0.1) is 9.47 Å². The number of ether oxygens (including phenoxy) is 1. The van der Waals surface area contributed by atoms with Crippen molar-refractivity contribution in [3.63, 3.8) is 0 Å². The summed E-state index contributed by atoms with van der Waals surface area (Å²) in [6.45, 7) is 1.57. The van der Waals surface area contributed by atoms with Crippen LogP contribution in [0.2, 0.25) is 0 Å². The van der Waals surface area contributed by atoms with Gasteiger partial charge in [0.15, 0.2) is 0 Å². The largest absolute Gasteiger partial charge is 0.489 e. The van der Waals surface area contributed by atoms with E-state index >= 15 is 0 Å². The molecule has 1 heterocycles. The zero-order valence-corrected chi connectivity index (χ0v) is 14.2. The monoisotopic (exact) mass is 370 g/mol. The molecule has 114 valence electrons. The number of thiophene rings is 1. The average molecular weight is 371 g/mol. The van der Waals surface area contributed by atoms with Crippen molar-refractivity contribution in [3.05, 3.63) is 45.1 Å². The van der Waals surface area contributed by atoms with Crippen LogP contribution in [0.4, 0.5) is 5.69 Å². The lowest BCUT2D eigenvalue weighted by atomic mass is 10.3. The summed E-state index contributed by atoms with van der Waals surface area (Å²) in [5.41, 5.74) is 7.61. The average Bonchev–Trinajstić information content (AvgIpc) is 2.83. The first kappa shape index (κ1) is 16.3. The first-order chi connectivity index (χ1) is 10.0. The zero-order chi connectivity index (χ0) is 15.2. The number of likely N-dealkylation sites (N-methyl/N-ethyl adjacent to an activating group) is 1. The second kappa shape index (κ2) is 7.79. The summed E-state index contributed by atoms with van der Waals surface area (Å²) >= 11 is 5.11. The molecule has 0 aliphatic carbocycles. The van der Waals surface area contributed by atoms with Gasteiger partial charge in [0.25, 0.3) is 0 Å². The number of aliphatic hydroxyl groups is 1. The molecule has 1 aromatic carbocycles. The predicted octanol–water partition coefficient (Wildman–Crippen LogP) is 2.96. The fourth-order valence-corrected chi connectivity index (χ4v) is 3.22. The number of nitrogen functional groups attached to an aromatic ring is 1. The number of anilines is 1. The molecule has 0 spiro atoms. The molecule has 0 aliphatic heterocycles. The molecule has 2 rings (SSSR count). The third-order valence-corrected chi connectivity index (χ3v) is 4.50. The Balaban J connectivity index is 1.76. The van der Waals surface area contributed by atoms with Crippen molar-refractivity contribution in [1.29, 1.82) is 0 Å². The Morgan fingerprint density at radius 2 is 2.19 bits per heavy atom. The lowest BCUT2D eigenvalue weighted by Crippen LogP contribution is -2.32. The first-order valence-corrected chi connectivity index (χ1v) is 8.28. The van der Waals surface area contributed by atoms with Crippen LogP contribution >= 0.6 is 27.3 Å². The van der Waals surface area contributed by atoms with Crippen LogP contribution in [-0.4, -0.2) is 36.3 Å². The van der Waals surface area contributed by atoms with Crippen LogP contribution in [0.3, 0.4) is 0 Å². The van der Waals surface area contributed by atoms with E-state index in [1.54, 1.807) is 23.5 Å². The molecule has 1 unspecified atom stereocenters. The van der Waals surface area contributed by atoms with Gasteiger partial charge in [0.1, 0.15) is 18.5 Å².